The van der Waals surface area contributed by atoms with E-state index in [1.165, 1.54) is 17.0 Å². The fourth-order valence-corrected chi connectivity index (χ4v) is 4.81. The largest absolute Gasteiger partial charge is 0.446 e. The molecule has 1 aromatic rings. The highest BCUT2D eigenvalue weighted by molar-refractivity contribution is 5.95. The number of urea groups is 1. The van der Waals surface area contributed by atoms with Gasteiger partial charge in [0, 0.05) is 44.6 Å². The minimum atomic E-state index is -0.763. The highest BCUT2D eigenvalue weighted by atomic mass is 16.4. The van der Waals surface area contributed by atoms with Crippen LogP contribution in [0.25, 0.3) is 0 Å². The van der Waals surface area contributed by atoms with Gasteiger partial charge in [-0.15, -0.1) is 0 Å². The van der Waals surface area contributed by atoms with Crippen LogP contribution in [-0.2, 0) is 4.79 Å². The van der Waals surface area contributed by atoms with Gasteiger partial charge in [-0.2, -0.15) is 0 Å². The Balaban J connectivity index is 1.40. The molecule has 0 aromatic carbocycles. The highest BCUT2D eigenvalue weighted by Crippen LogP contribution is 2.40. The van der Waals surface area contributed by atoms with Gasteiger partial charge in [-0.25, -0.2) is 4.79 Å². The number of β-amino-alcohol motifs (C(OH)–C–C–N with tert-alkyl or cyclic N) is 1. The summed E-state index contributed by atoms with van der Waals surface area (Å²) in [7, 11) is 0. The van der Waals surface area contributed by atoms with Gasteiger partial charge in [-0.1, -0.05) is 0 Å². The van der Waals surface area contributed by atoms with E-state index in [-0.39, 0.29) is 41.7 Å². The SMILES string of the molecule is NC(=O)c1ccc(C(=O)N2CCC3(CCN(C(=O)[C@H]4C[C@H](O)CN4C(N)=O)C3)C2)o1. The van der Waals surface area contributed by atoms with Crippen LogP contribution in [0.3, 0.4) is 0 Å². The van der Waals surface area contributed by atoms with Gasteiger partial charge in [-0.05, 0) is 25.0 Å². The van der Waals surface area contributed by atoms with Crippen molar-refractivity contribution >= 4 is 23.8 Å². The maximum Gasteiger partial charge on any atom is 0.315 e. The van der Waals surface area contributed by atoms with Gasteiger partial charge in [-0.3, -0.25) is 14.4 Å². The molecule has 11 nitrogen and oxygen atoms in total. The summed E-state index contributed by atoms with van der Waals surface area (Å²) in [6.45, 7) is 2.04. The molecule has 1 spiro atoms. The predicted molar refractivity (Wildman–Crippen MR) is 102 cm³/mol. The third-order valence-electron chi connectivity index (χ3n) is 6.38. The molecule has 5 N–H and O–H groups in total. The molecule has 3 saturated heterocycles. The summed E-state index contributed by atoms with van der Waals surface area (Å²) in [4.78, 5) is 53.1. The fourth-order valence-electron chi connectivity index (χ4n) is 4.81. The third kappa shape index (κ3) is 3.49. The van der Waals surface area contributed by atoms with Crippen molar-refractivity contribution in [3.63, 3.8) is 0 Å². The Hall–Kier alpha value is -3.08. The number of nitrogens with zero attached hydrogens (tertiary/aromatic N) is 3. The zero-order chi connectivity index (χ0) is 21.6. The summed E-state index contributed by atoms with van der Waals surface area (Å²) in [6, 6.07) is 1.34. The first-order chi connectivity index (χ1) is 14.2. The van der Waals surface area contributed by atoms with Crippen LogP contribution in [0.4, 0.5) is 4.79 Å². The van der Waals surface area contributed by atoms with Crippen LogP contribution in [0.1, 0.15) is 40.4 Å². The monoisotopic (exact) mass is 419 g/mol. The zero-order valence-corrected chi connectivity index (χ0v) is 16.5. The molecule has 11 heteroatoms. The lowest BCUT2D eigenvalue weighted by Crippen LogP contribution is -2.49. The Bertz CT molecular complexity index is 900. The van der Waals surface area contributed by atoms with Gasteiger partial charge >= 0.3 is 6.03 Å². The number of hydrogen-bond donors (Lipinski definition) is 3. The molecule has 3 aliphatic heterocycles. The standard InChI is InChI=1S/C19H25N5O6/c20-15(26)13-1-2-14(30-13)17(28)23-6-4-19(10-23)3-5-22(9-19)16(27)12-7-11(25)8-24(12)18(21)29/h1-2,11-12,25H,3-10H2,(H2,20,26)(H2,21,29)/t11-,12+,19?/m0/s1. The second-order valence-electron chi connectivity index (χ2n) is 8.41. The van der Waals surface area contributed by atoms with E-state index in [2.05, 4.69) is 0 Å². The van der Waals surface area contributed by atoms with Crippen LogP contribution in [0.15, 0.2) is 16.5 Å². The maximum absolute atomic E-state index is 13.0. The minimum absolute atomic E-state index is 0.0590. The zero-order valence-electron chi connectivity index (χ0n) is 16.5. The summed E-state index contributed by atoms with van der Waals surface area (Å²) < 4.78 is 5.24. The topological polar surface area (TPSA) is 163 Å². The van der Waals surface area contributed by atoms with E-state index in [1.807, 2.05) is 0 Å². The molecule has 3 aliphatic rings. The van der Waals surface area contributed by atoms with Crippen LogP contribution >= 0.6 is 0 Å². The molecular weight excluding hydrogens is 394 g/mol. The number of furan rings is 1. The average Bonchev–Trinajstić information content (AvgIpc) is 3.47. The molecule has 5 amide bonds. The van der Waals surface area contributed by atoms with Crippen LogP contribution < -0.4 is 11.5 Å². The molecule has 4 heterocycles. The first-order valence-electron chi connectivity index (χ1n) is 9.91. The summed E-state index contributed by atoms with van der Waals surface area (Å²) in [5.74, 6) is -1.28. The predicted octanol–water partition coefficient (Wildman–Crippen LogP) is -1.04. The van der Waals surface area contributed by atoms with Crippen molar-refractivity contribution in [1.29, 1.82) is 0 Å². The molecule has 1 unspecified atom stereocenters. The van der Waals surface area contributed by atoms with Crippen molar-refractivity contribution in [3.05, 3.63) is 23.7 Å². The Morgan fingerprint density at radius 3 is 2.30 bits per heavy atom. The number of aliphatic hydroxyl groups excluding tert-OH is 1. The first-order valence-corrected chi connectivity index (χ1v) is 9.91. The average molecular weight is 419 g/mol. The Labute approximate surface area is 172 Å². The second kappa shape index (κ2) is 7.31. The number of rotatable bonds is 3. The number of nitrogens with two attached hydrogens (primary N) is 2. The number of aliphatic hydroxyl groups is 1. The Morgan fingerprint density at radius 1 is 1.03 bits per heavy atom. The molecule has 1 aromatic heterocycles. The molecule has 0 aliphatic carbocycles. The molecule has 3 fully saturated rings. The van der Waals surface area contributed by atoms with Gasteiger partial charge in [0.15, 0.2) is 11.5 Å². The minimum Gasteiger partial charge on any atom is -0.446 e. The van der Waals surface area contributed by atoms with Crippen LogP contribution in [0.5, 0.6) is 0 Å². The molecular formula is C19H25N5O6. The van der Waals surface area contributed by atoms with E-state index in [4.69, 9.17) is 15.9 Å². The van der Waals surface area contributed by atoms with Crippen LogP contribution in [0.2, 0.25) is 0 Å². The third-order valence-corrected chi connectivity index (χ3v) is 6.38. The van der Waals surface area contributed by atoms with Crippen molar-refractivity contribution in [3.8, 4) is 0 Å². The smallest absolute Gasteiger partial charge is 0.315 e. The second-order valence-corrected chi connectivity index (χ2v) is 8.41. The summed E-state index contributed by atoms with van der Waals surface area (Å²) in [5.41, 5.74) is 10.3. The van der Waals surface area contributed by atoms with Crippen LogP contribution in [-0.4, -0.2) is 88.4 Å². The number of carbonyl (C=O) groups excluding carboxylic acids is 4. The van der Waals surface area contributed by atoms with Crippen molar-refractivity contribution in [2.75, 3.05) is 32.7 Å². The van der Waals surface area contributed by atoms with Crippen molar-refractivity contribution in [2.45, 2.75) is 31.4 Å². The maximum atomic E-state index is 13.0. The molecule has 0 bridgehead atoms. The fraction of sp³-hybridized carbons (Fsp3) is 0.579. The summed E-state index contributed by atoms with van der Waals surface area (Å²) >= 11 is 0. The van der Waals surface area contributed by atoms with Gasteiger partial charge in [0.1, 0.15) is 6.04 Å². The van der Waals surface area contributed by atoms with E-state index in [0.29, 0.717) is 26.2 Å². The Morgan fingerprint density at radius 2 is 1.67 bits per heavy atom. The summed E-state index contributed by atoms with van der Waals surface area (Å²) in [5, 5.41) is 9.85. The van der Waals surface area contributed by atoms with E-state index in [0.717, 1.165) is 12.8 Å². The van der Waals surface area contributed by atoms with Crippen molar-refractivity contribution in [1.82, 2.24) is 14.7 Å². The lowest BCUT2D eigenvalue weighted by atomic mass is 9.86. The number of amides is 5. The molecule has 30 heavy (non-hydrogen) atoms. The number of likely N-dealkylation sites (tertiary alicyclic amines) is 3. The van der Waals surface area contributed by atoms with E-state index >= 15 is 0 Å². The molecule has 3 atom stereocenters. The molecule has 0 saturated carbocycles. The van der Waals surface area contributed by atoms with E-state index < -0.39 is 24.1 Å². The quantitative estimate of drug-likeness (QED) is 0.566. The highest BCUT2D eigenvalue weighted by Gasteiger charge is 2.49. The lowest BCUT2D eigenvalue weighted by molar-refractivity contribution is -0.134. The van der Waals surface area contributed by atoms with Gasteiger partial charge in [0.25, 0.3) is 11.8 Å². The molecule has 4 rings (SSSR count). The van der Waals surface area contributed by atoms with E-state index in [9.17, 15) is 24.3 Å². The normalized spacial score (nSPS) is 28.5. The van der Waals surface area contributed by atoms with Gasteiger partial charge < -0.3 is 35.7 Å². The molecule has 0 radical (unpaired) electrons. The molecule has 162 valence electrons. The Kier molecular flexibility index (Phi) is 4.92. The van der Waals surface area contributed by atoms with Crippen molar-refractivity contribution in [2.24, 2.45) is 16.9 Å². The number of carbonyl (C=O) groups is 4. The van der Waals surface area contributed by atoms with Gasteiger partial charge in [0.2, 0.25) is 5.91 Å². The van der Waals surface area contributed by atoms with E-state index in [1.54, 1.807) is 9.80 Å². The lowest BCUT2D eigenvalue weighted by Gasteiger charge is -2.28. The summed E-state index contributed by atoms with van der Waals surface area (Å²) in [6.07, 6.45) is 0.884. The van der Waals surface area contributed by atoms with Gasteiger partial charge in [0.05, 0.1) is 6.10 Å². The van der Waals surface area contributed by atoms with Crippen LogP contribution in [0, 0.1) is 5.41 Å². The van der Waals surface area contributed by atoms with Crippen molar-refractivity contribution < 1.29 is 28.7 Å². The number of hydrogen-bond acceptors (Lipinski definition) is 6. The number of primary amides is 2. The first kappa shape index (κ1) is 20.2.